The minimum absolute atomic E-state index is 0.0589. The largest absolute Gasteiger partial charge is 0.349 e. The lowest BCUT2D eigenvalue weighted by Crippen LogP contribution is -2.32. The molecule has 0 unspecified atom stereocenters. The molecule has 26 heavy (non-hydrogen) atoms. The first-order valence-electron chi connectivity index (χ1n) is 8.74. The molecule has 1 aromatic heterocycles. The van der Waals surface area contributed by atoms with Crippen molar-refractivity contribution in [2.24, 2.45) is 5.92 Å². The van der Waals surface area contributed by atoms with E-state index >= 15 is 0 Å². The van der Waals surface area contributed by atoms with Crippen LogP contribution in [0.3, 0.4) is 0 Å². The van der Waals surface area contributed by atoms with E-state index in [-0.39, 0.29) is 17.2 Å². The quantitative estimate of drug-likeness (QED) is 0.774. The van der Waals surface area contributed by atoms with Gasteiger partial charge >= 0.3 is 5.69 Å². The van der Waals surface area contributed by atoms with E-state index < -0.39 is 15.7 Å². The number of benzene rings is 1. The smallest absolute Gasteiger partial charge is 0.274 e. The lowest BCUT2D eigenvalue weighted by atomic mass is 9.86. The summed E-state index contributed by atoms with van der Waals surface area (Å²) in [5.41, 5.74) is -0.867. The molecule has 1 aromatic carbocycles. The molecule has 0 bridgehead atoms. The normalized spacial score (nSPS) is 15.9. The van der Waals surface area contributed by atoms with Crippen molar-refractivity contribution in [2.45, 2.75) is 49.8 Å². The monoisotopic (exact) mass is 396 g/mol. The molecule has 1 fully saturated rings. The summed E-state index contributed by atoms with van der Waals surface area (Å²) in [6, 6.07) is 5.52. The van der Waals surface area contributed by atoms with E-state index in [9.17, 15) is 18.0 Å². The first-order chi connectivity index (χ1) is 12.4. The fourth-order valence-electron chi connectivity index (χ4n) is 3.38. The maximum atomic E-state index is 12.6. The topological polar surface area (TPSA) is 78.1 Å². The second kappa shape index (κ2) is 7.80. The van der Waals surface area contributed by atoms with Crippen LogP contribution in [0.2, 0.25) is 5.02 Å². The van der Waals surface area contributed by atoms with Crippen LogP contribution in [0.1, 0.15) is 49.7 Å². The molecule has 6 nitrogen and oxygen atoms in total. The van der Waals surface area contributed by atoms with Crippen LogP contribution >= 0.6 is 11.6 Å². The van der Waals surface area contributed by atoms with E-state index in [1.165, 1.54) is 49.7 Å². The Bertz CT molecular complexity index is 938. The van der Waals surface area contributed by atoms with Crippen LogP contribution in [0, 0.1) is 5.92 Å². The molecule has 0 aliphatic heterocycles. The van der Waals surface area contributed by atoms with Crippen LogP contribution < -0.4 is 5.69 Å². The number of aromatic nitrogens is 2. The predicted molar refractivity (Wildman–Crippen MR) is 99.2 cm³/mol. The Labute approximate surface area is 157 Å². The SMILES string of the molecule is O=C(CCC1CCCCC1)n1ccn(S(=O)(=O)c2ccc(Cl)cc2)c1=O. The van der Waals surface area contributed by atoms with E-state index in [2.05, 4.69) is 0 Å². The Kier molecular flexibility index (Phi) is 5.67. The summed E-state index contributed by atoms with van der Waals surface area (Å²) < 4.78 is 26.7. The average Bonchev–Trinajstić information content (AvgIpc) is 3.03. The Balaban J connectivity index is 1.77. The molecular weight excluding hydrogens is 376 g/mol. The van der Waals surface area contributed by atoms with Gasteiger partial charge in [0.25, 0.3) is 10.0 Å². The second-order valence-corrected chi connectivity index (χ2v) is 8.89. The summed E-state index contributed by atoms with van der Waals surface area (Å²) in [5, 5.41) is 0.395. The first kappa shape index (κ1) is 18.9. The maximum absolute atomic E-state index is 12.6. The van der Waals surface area contributed by atoms with Crippen molar-refractivity contribution in [1.82, 2.24) is 8.54 Å². The van der Waals surface area contributed by atoms with Crippen molar-refractivity contribution >= 4 is 27.5 Å². The van der Waals surface area contributed by atoms with Gasteiger partial charge in [-0.25, -0.2) is 17.8 Å². The third kappa shape index (κ3) is 3.94. The molecule has 140 valence electrons. The zero-order valence-corrected chi connectivity index (χ0v) is 15.9. The third-order valence-electron chi connectivity index (χ3n) is 4.88. The zero-order chi connectivity index (χ0) is 18.7. The van der Waals surface area contributed by atoms with Crippen LogP contribution in [0.15, 0.2) is 46.3 Å². The van der Waals surface area contributed by atoms with Gasteiger partial charge in [0.1, 0.15) is 0 Å². The molecule has 3 rings (SSSR count). The molecular formula is C18H21ClN2O4S. The van der Waals surface area contributed by atoms with Crippen molar-refractivity contribution in [3.05, 3.63) is 52.2 Å². The number of halogens is 1. The van der Waals surface area contributed by atoms with E-state index in [1.807, 2.05) is 0 Å². The fraction of sp³-hybridized carbons (Fsp3) is 0.444. The van der Waals surface area contributed by atoms with E-state index in [0.717, 1.165) is 30.0 Å². The Morgan fingerprint density at radius 3 is 2.38 bits per heavy atom. The summed E-state index contributed by atoms with van der Waals surface area (Å²) in [6.45, 7) is 0. The van der Waals surface area contributed by atoms with Crippen LogP contribution in [-0.2, 0) is 10.0 Å². The summed E-state index contributed by atoms with van der Waals surface area (Å²) in [5.74, 6) is 0.147. The second-order valence-electron chi connectivity index (χ2n) is 6.64. The highest BCUT2D eigenvalue weighted by atomic mass is 35.5. The van der Waals surface area contributed by atoms with Gasteiger partial charge in [0.05, 0.1) is 4.90 Å². The van der Waals surface area contributed by atoms with Crippen molar-refractivity contribution < 1.29 is 13.2 Å². The van der Waals surface area contributed by atoms with Gasteiger partial charge in [-0.2, -0.15) is 3.97 Å². The van der Waals surface area contributed by atoms with Crippen molar-refractivity contribution in [3.63, 3.8) is 0 Å². The molecule has 8 heteroatoms. The molecule has 0 radical (unpaired) electrons. The Morgan fingerprint density at radius 2 is 1.73 bits per heavy atom. The highest BCUT2D eigenvalue weighted by Crippen LogP contribution is 2.27. The number of hydrogen-bond acceptors (Lipinski definition) is 4. The highest BCUT2D eigenvalue weighted by molar-refractivity contribution is 7.90. The number of carbonyl (C=O) groups is 1. The third-order valence-corrected chi connectivity index (χ3v) is 6.79. The van der Waals surface area contributed by atoms with Gasteiger partial charge in [0.15, 0.2) is 0 Å². The Morgan fingerprint density at radius 1 is 1.08 bits per heavy atom. The molecule has 2 aromatic rings. The van der Waals surface area contributed by atoms with Crippen LogP contribution in [0.5, 0.6) is 0 Å². The molecule has 1 aliphatic rings. The fourth-order valence-corrected chi connectivity index (χ4v) is 4.72. The minimum Gasteiger partial charge on any atom is -0.274 e. The van der Waals surface area contributed by atoms with Gasteiger partial charge in [0, 0.05) is 23.8 Å². The van der Waals surface area contributed by atoms with Crippen LogP contribution in [0.25, 0.3) is 0 Å². The molecule has 1 aliphatic carbocycles. The van der Waals surface area contributed by atoms with Crippen molar-refractivity contribution in [1.29, 1.82) is 0 Å². The van der Waals surface area contributed by atoms with E-state index in [4.69, 9.17) is 11.6 Å². The summed E-state index contributed by atoms with van der Waals surface area (Å²) in [7, 11) is -4.06. The van der Waals surface area contributed by atoms with Crippen LogP contribution in [0.4, 0.5) is 0 Å². The average molecular weight is 397 g/mol. The first-order valence-corrected chi connectivity index (χ1v) is 10.6. The molecule has 0 N–H and O–H groups in total. The number of hydrogen-bond donors (Lipinski definition) is 0. The van der Waals surface area contributed by atoms with E-state index in [0.29, 0.717) is 14.9 Å². The van der Waals surface area contributed by atoms with Gasteiger partial charge in [-0.05, 0) is 36.6 Å². The minimum atomic E-state index is -4.06. The summed E-state index contributed by atoms with van der Waals surface area (Å²) in [4.78, 5) is 24.8. The zero-order valence-electron chi connectivity index (χ0n) is 14.3. The number of nitrogens with zero attached hydrogens (tertiary/aromatic N) is 2. The van der Waals surface area contributed by atoms with Gasteiger partial charge < -0.3 is 0 Å². The van der Waals surface area contributed by atoms with Gasteiger partial charge in [-0.1, -0.05) is 43.7 Å². The van der Waals surface area contributed by atoms with Crippen molar-refractivity contribution in [2.75, 3.05) is 0 Å². The van der Waals surface area contributed by atoms with Gasteiger partial charge in [-0.3, -0.25) is 4.79 Å². The van der Waals surface area contributed by atoms with Gasteiger partial charge in [0.2, 0.25) is 5.91 Å². The number of rotatable bonds is 5. The molecule has 0 atom stereocenters. The molecule has 0 saturated heterocycles. The van der Waals surface area contributed by atoms with E-state index in [1.54, 1.807) is 0 Å². The lowest BCUT2D eigenvalue weighted by Gasteiger charge is -2.20. The Hall–Kier alpha value is -1.86. The molecule has 1 heterocycles. The lowest BCUT2D eigenvalue weighted by molar-refractivity contribution is 0.0885. The maximum Gasteiger partial charge on any atom is 0.349 e. The van der Waals surface area contributed by atoms with Gasteiger partial charge in [-0.15, -0.1) is 0 Å². The molecule has 0 spiro atoms. The highest BCUT2D eigenvalue weighted by Gasteiger charge is 2.23. The van der Waals surface area contributed by atoms with Crippen molar-refractivity contribution in [3.8, 4) is 0 Å². The summed E-state index contributed by atoms with van der Waals surface area (Å²) >= 11 is 5.77. The molecule has 0 amide bonds. The number of imidazole rings is 1. The van der Waals surface area contributed by atoms with Crippen LogP contribution in [-0.4, -0.2) is 22.9 Å². The standard InChI is InChI=1S/C18H21ClN2O4S/c19-15-7-9-16(10-8-15)26(24,25)21-13-12-20(18(21)23)17(22)11-6-14-4-2-1-3-5-14/h7-10,12-14H,1-6,11H2. The molecule has 1 saturated carbocycles. The predicted octanol–water partition coefficient (Wildman–Crippen LogP) is 3.54. The summed E-state index contributed by atoms with van der Waals surface area (Å²) in [6.07, 6.45) is 9.18. The number of carbonyl (C=O) groups excluding carboxylic acids is 1.